The van der Waals surface area contributed by atoms with Gasteiger partial charge in [-0.05, 0) is 25.5 Å². The Balaban J connectivity index is 1.76. The van der Waals surface area contributed by atoms with Crippen LogP contribution in [0.15, 0.2) is 12.1 Å². The first kappa shape index (κ1) is 10.1. The Morgan fingerprint density at radius 1 is 1.36 bits per heavy atom. The lowest BCUT2D eigenvalue weighted by Crippen LogP contribution is -2.37. The van der Waals surface area contributed by atoms with Gasteiger partial charge in [-0.3, -0.25) is 4.90 Å². The van der Waals surface area contributed by atoms with E-state index in [1.165, 1.54) is 22.7 Å². The summed E-state index contributed by atoms with van der Waals surface area (Å²) in [5.74, 6) is 0. The van der Waals surface area contributed by atoms with E-state index in [0.29, 0.717) is 0 Å². The second kappa shape index (κ2) is 4.91. The number of thiophene rings is 1. The molecule has 2 nitrogen and oxygen atoms in total. The van der Waals surface area contributed by atoms with E-state index < -0.39 is 0 Å². The van der Waals surface area contributed by atoms with E-state index in [2.05, 4.69) is 24.0 Å². The molecule has 2 heterocycles. The second-order valence-electron chi connectivity index (χ2n) is 3.72. The summed E-state index contributed by atoms with van der Waals surface area (Å²) in [7, 11) is 0. The van der Waals surface area contributed by atoms with Crippen LogP contribution in [0.4, 0.5) is 0 Å². The minimum atomic E-state index is 0.906. The predicted molar refractivity (Wildman–Crippen MR) is 60.0 cm³/mol. The van der Waals surface area contributed by atoms with Gasteiger partial charge in [-0.15, -0.1) is 11.3 Å². The normalized spacial score (nSPS) is 18.6. The van der Waals surface area contributed by atoms with Gasteiger partial charge in [0, 0.05) is 29.4 Å². The lowest BCUT2D eigenvalue weighted by atomic mass is 10.3. The SMILES string of the molecule is Cc1ccc(CCN2CCOCC2)s1. The highest BCUT2D eigenvalue weighted by Crippen LogP contribution is 2.15. The third-order valence-corrected chi connectivity index (χ3v) is 3.63. The van der Waals surface area contributed by atoms with Crippen LogP contribution in [0.25, 0.3) is 0 Å². The maximum absolute atomic E-state index is 5.32. The number of nitrogens with zero attached hydrogens (tertiary/aromatic N) is 1. The summed E-state index contributed by atoms with van der Waals surface area (Å²) in [5.41, 5.74) is 0. The van der Waals surface area contributed by atoms with Crippen molar-refractivity contribution < 1.29 is 4.74 Å². The van der Waals surface area contributed by atoms with Gasteiger partial charge in [-0.25, -0.2) is 0 Å². The van der Waals surface area contributed by atoms with Crippen molar-refractivity contribution in [1.82, 2.24) is 4.90 Å². The molecule has 78 valence electrons. The Hall–Kier alpha value is -0.380. The van der Waals surface area contributed by atoms with Gasteiger partial charge in [0.1, 0.15) is 0 Å². The monoisotopic (exact) mass is 211 g/mol. The zero-order valence-corrected chi connectivity index (χ0v) is 9.48. The zero-order chi connectivity index (χ0) is 9.80. The minimum Gasteiger partial charge on any atom is -0.379 e. The third kappa shape index (κ3) is 2.80. The van der Waals surface area contributed by atoms with Gasteiger partial charge in [0.25, 0.3) is 0 Å². The molecule has 0 bridgehead atoms. The Morgan fingerprint density at radius 3 is 2.79 bits per heavy atom. The van der Waals surface area contributed by atoms with E-state index in [4.69, 9.17) is 4.74 Å². The molecule has 0 radical (unpaired) electrons. The molecule has 0 spiro atoms. The Bertz CT molecular complexity index is 279. The average molecular weight is 211 g/mol. The van der Waals surface area contributed by atoms with Crippen LogP contribution in [-0.2, 0) is 11.2 Å². The van der Waals surface area contributed by atoms with Gasteiger partial charge >= 0.3 is 0 Å². The highest BCUT2D eigenvalue weighted by atomic mass is 32.1. The van der Waals surface area contributed by atoms with Crippen LogP contribution >= 0.6 is 11.3 Å². The fraction of sp³-hybridized carbons (Fsp3) is 0.636. The van der Waals surface area contributed by atoms with Crippen molar-refractivity contribution in [3.05, 3.63) is 21.9 Å². The maximum Gasteiger partial charge on any atom is 0.0594 e. The van der Waals surface area contributed by atoms with E-state index in [-0.39, 0.29) is 0 Å². The highest BCUT2D eigenvalue weighted by molar-refractivity contribution is 7.11. The van der Waals surface area contributed by atoms with Crippen LogP contribution in [0.2, 0.25) is 0 Å². The topological polar surface area (TPSA) is 12.5 Å². The molecule has 1 saturated heterocycles. The quantitative estimate of drug-likeness (QED) is 0.757. The Labute approximate surface area is 89.5 Å². The van der Waals surface area contributed by atoms with Crippen molar-refractivity contribution in [3.8, 4) is 0 Å². The fourth-order valence-electron chi connectivity index (χ4n) is 1.71. The first-order valence-corrected chi connectivity index (χ1v) is 6.02. The molecule has 1 aromatic heterocycles. The van der Waals surface area contributed by atoms with Gasteiger partial charge in [-0.1, -0.05) is 0 Å². The maximum atomic E-state index is 5.32. The smallest absolute Gasteiger partial charge is 0.0594 e. The number of morpholine rings is 1. The molecule has 0 N–H and O–H groups in total. The predicted octanol–water partition coefficient (Wildman–Crippen LogP) is 1.93. The van der Waals surface area contributed by atoms with Crippen LogP contribution in [0.3, 0.4) is 0 Å². The number of ether oxygens (including phenoxy) is 1. The van der Waals surface area contributed by atoms with Crippen molar-refractivity contribution in [3.63, 3.8) is 0 Å². The molecule has 0 unspecified atom stereocenters. The van der Waals surface area contributed by atoms with Crippen molar-refractivity contribution >= 4 is 11.3 Å². The molecule has 1 aliphatic heterocycles. The number of hydrogen-bond donors (Lipinski definition) is 0. The summed E-state index contributed by atoms with van der Waals surface area (Å²) in [6.45, 7) is 7.37. The van der Waals surface area contributed by atoms with E-state index in [9.17, 15) is 0 Å². The first-order chi connectivity index (χ1) is 6.84. The van der Waals surface area contributed by atoms with Crippen LogP contribution < -0.4 is 0 Å². The largest absolute Gasteiger partial charge is 0.379 e. The number of aryl methyl sites for hydroxylation is 1. The molecule has 0 atom stereocenters. The Morgan fingerprint density at radius 2 is 2.14 bits per heavy atom. The van der Waals surface area contributed by atoms with E-state index >= 15 is 0 Å². The highest BCUT2D eigenvalue weighted by Gasteiger charge is 2.09. The van der Waals surface area contributed by atoms with E-state index in [1.807, 2.05) is 11.3 Å². The van der Waals surface area contributed by atoms with Crippen LogP contribution in [0, 0.1) is 6.92 Å². The summed E-state index contributed by atoms with van der Waals surface area (Å²) in [6, 6.07) is 4.46. The standard InChI is InChI=1S/C11H17NOS/c1-10-2-3-11(14-10)4-5-12-6-8-13-9-7-12/h2-3H,4-9H2,1H3. The second-order valence-corrected chi connectivity index (χ2v) is 5.09. The lowest BCUT2D eigenvalue weighted by molar-refractivity contribution is 0.0385. The number of hydrogen-bond acceptors (Lipinski definition) is 3. The summed E-state index contributed by atoms with van der Waals surface area (Å²) < 4.78 is 5.32. The van der Waals surface area contributed by atoms with Gasteiger partial charge in [-0.2, -0.15) is 0 Å². The van der Waals surface area contributed by atoms with Crippen LogP contribution in [0.1, 0.15) is 9.75 Å². The minimum absolute atomic E-state index is 0.906. The molecule has 0 saturated carbocycles. The van der Waals surface area contributed by atoms with Crippen molar-refractivity contribution in [2.24, 2.45) is 0 Å². The van der Waals surface area contributed by atoms with Crippen LogP contribution in [-0.4, -0.2) is 37.7 Å². The van der Waals surface area contributed by atoms with Gasteiger partial charge in [0.2, 0.25) is 0 Å². The summed E-state index contributed by atoms with van der Waals surface area (Å²) in [4.78, 5) is 5.41. The number of rotatable bonds is 3. The molecule has 2 rings (SSSR count). The Kier molecular flexibility index (Phi) is 3.56. The summed E-state index contributed by atoms with van der Waals surface area (Å²) in [5, 5.41) is 0. The fourth-order valence-corrected chi connectivity index (χ4v) is 2.59. The molecule has 1 aliphatic rings. The van der Waals surface area contributed by atoms with E-state index in [0.717, 1.165) is 26.3 Å². The molecule has 0 amide bonds. The van der Waals surface area contributed by atoms with Crippen molar-refractivity contribution in [2.75, 3.05) is 32.8 Å². The van der Waals surface area contributed by atoms with Crippen LogP contribution in [0.5, 0.6) is 0 Å². The zero-order valence-electron chi connectivity index (χ0n) is 8.66. The molecule has 0 aromatic carbocycles. The lowest BCUT2D eigenvalue weighted by Gasteiger charge is -2.26. The first-order valence-electron chi connectivity index (χ1n) is 5.20. The third-order valence-electron chi connectivity index (χ3n) is 2.57. The van der Waals surface area contributed by atoms with Gasteiger partial charge < -0.3 is 4.74 Å². The summed E-state index contributed by atoms with van der Waals surface area (Å²) >= 11 is 1.92. The molecule has 3 heteroatoms. The molecule has 1 aromatic rings. The molecule has 0 aliphatic carbocycles. The molecule has 14 heavy (non-hydrogen) atoms. The van der Waals surface area contributed by atoms with Crippen molar-refractivity contribution in [1.29, 1.82) is 0 Å². The molecular formula is C11H17NOS. The molecular weight excluding hydrogens is 194 g/mol. The van der Waals surface area contributed by atoms with Gasteiger partial charge in [0.05, 0.1) is 13.2 Å². The summed E-state index contributed by atoms with van der Waals surface area (Å²) in [6.07, 6.45) is 1.19. The van der Waals surface area contributed by atoms with Gasteiger partial charge in [0.15, 0.2) is 0 Å². The van der Waals surface area contributed by atoms with Crippen molar-refractivity contribution in [2.45, 2.75) is 13.3 Å². The molecule has 1 fully saturated rings. The van der Waals surface area contributed by atoms with E-state index in [1.54, 1.807) is 0 Å². The average Bonchev–Trinajstić information content (AvgIpc) is 2.63.